The van der Waals surface area contributed by atoms with Crippen molar-refractivity contribution >= 4 is 5.91 Å². The van der Waals surface area contributed by atoms with E-state index in [4.69, 9.17) is 9.84 Å². The van der Waals surface area contributed by atoms with E-state index in [1.165, 1.54) is 12.1 Å². The van der Waals surface area contributed by atoms with Crippen LogP contribution in [-0.2, 0) is 17.8 Å². The first-order chi connectivity index (χ1) is 14.5. The Kier molecular flexibility index (Phi) is 6.43. The van der Waals surface area contributed by atoms with Gasteiger partial charge < -0.3 is 9.64 Å². The van der Waals surface area contributed by atoms with Crippen LogP contribution in [0.15, 0.2) is 24.3 Å². The third kappa shape index (κ3) is 4.70. The maximum absolute atomic E-state index is 13.5. The Hall–Kier alpha value is -2.32. The predicted molar refractivity (Wildman–Crippen MR) is 108 cm³/mol. The number of carbonyl (C=O) groups is 1. The van der Waals surface area contributed by atoms with Crippen molar-refractivity contribution in [2.45, 2.75) is 38.3 Å². The van der Waals surface area contributed by atoms with E-state index in [1.54, 1.807) is 7.11 Å². The van der Waals surface area contributed by atoms with Gasteiger partial charge in [0.1, 0.15) is 17.3 Å². The maximum Gasteiger partial charge on any atom is 0.272 e. The summed E-state index contributed by atoms with van der Waals surface area (Å²) in [6.45, 7) is 4.68. The van der Waals surface area contributed by atoms with E-state index < -0.39 is 11.6 Å². The Morgan fingerprint density at radius 1 is 1.10 bits per heavy atom. The van der Waals surface area contributed by atoms with Gasteiger partial charge in [0.25, 0.3) is 5.91 Å². The number of carbonyl (C=O) groups excluding carboxylic acids is 1. The standard InChI is InChI=1S/C22H28F2N4O2/c1-30-9-8-27-6-3-7-28-21(22(27)29)13-20(25-28)17-4-2-5-26(15-17)14-16-10-18(23)12-19(24)11-16/h10-13,17H,2-9,14-15H2,1H3/t17-/m0/s1. The highest BCUT2D eigenvalue weighted by Crippen LogP contribution is 2.28. The molecule has 1 saturated heterocycles. The van der Waals surface area contributed by atoms with Crippen molar-refractivity contribution in [1.82, 2.24) is 19.6 Å². The molecule has 0 unspecified atom stereocenters. The van der Waals surface area contributed by atoms with Crippen LogP contribution in [0.1, 0.15) is 46.9 Å². The predicted octanol–water partition coefficient (Wildman–Crippen LogP) is 3.03. The van der Waals surface area contributed by atoms with E-state index in [0.717, 1.165) is 50.7 Å². The molecular weight excluding hydrogens is 390 g/mol. The van der Waals surface area contributed by atoms with Gasteiger partial charge in [0.05, 0.1) is 12.3 Å². The monoisotopic (exact) mass is 418 g/mol. The van der Waals surface area contributed by atoms with Crippen molar-refractivity contribution in [1.29, 1.82) is 0 Å². The average molecular weight is 418 g/mol. The van der Waals surface area contributed by atoms with Crippen LogP contribution in [-0.4, -0.2) is 65.4 Å². The molecule has 1 amide bonds. The van der Waals surface area contributed by atoms with Crippen molar-refractivity contribution in [3.05, 3.63) is 52.9 Å². The number of ether oxygens (including phenoxy) is 1. The molecule has 162 valence electrons. The van der Waals surface area contributed by atoms with Gasteiger partial charge in [-0.15, -0.1) is 0 Å². The molecule has 3 heterocycles. The molecule has 0 bridgehead atoms. The molecule has 1 aromatic carbocycles. The molecule has 2 aliphatic rings. The number of amides is 1. The lowest BCUT2D eigenvalue weighted by atomic mass is 9.94. The maximum atomic E-state index is 13.5. The van der Waals surface area contributed by atoms with Crippen molar-refractivity contribution in [3.8, 4) is 0 Å². The SMILES string of the molecule is COCCN1CCCn2nc([C@H]3CCCN(Cc4cc(F)cc(F)c4)C3)cc2C1=O. The number of rotatable bonds is 6. The van der Waals surface area contributed by atoms with E-state index in [-0.39, 0.29) is 11.8 Å². The number of methoxy groups -OCH3 is 1. The average Bonchev–Trinajstić information content (AvgIpc) is 3.08. The second kappa shape index (κ2) is 9.22. The summed E-state index contributed by atoms with van der Waals surface area (Å²) in [7, 11) is 1.64. The van der Waals surface area contributed by atoms with Crippen LogP contribution in [0, 0.1) is 11.6 Å². The van der Waals surface area contributed by atoms with Crippen LogP contribution in [0.3, 0.4) is 0 Å². The van der Waals surface area contributed by atoms with E-state index >= 15 is 0 Å². The highest BCUT2D eigenvalue weighted by Gasteiger charge is 2.29. The first-order valence-corrected chi connectivity index (χ1v) is 10.6. The Bertz CT molecular complexity index is 881. The summed E-state index contributed by atoms with van der Waals surface area (Å²) in [6, 6.07) is 5.61. The Morgan fingerprint density at radius 2 is 1.90 bits per heavy atom. The number of halogens is 2. The molecule has 0 N–H and O–H groups in total. The highest BCUT2D eigenvalue weighted by molar-refractivity contribution is 5.93. The Morgan fingerprint density at radius 3 is 2.67 bits per heavy atom. The van der Waals surface area contributed by atoms with Crippen LogP contribution >= 0.6 is 0 Å². The lowest BCUT2D eigenvalue weighted by molar-refractivity contribution is 0.0698. The second-order valence-electron chi connectivity index (χ2n) is 8.17. The van der Waals surface area contributed by atoms with Crippen LogP contribution in [0.25, 0.3) is 0 Å². The Labute approximate surface area is 175 Å². The van der Waals surface area contributed by atoms with E-state index in [9.17, 15) is 13.6 Å². The molecule has 0 saturated carbocycles. The third-order valence-corrected chi connectivity index (χ3v) is 5.92. The van der Waals surface area contributed by atoms with Crippen LogP contribution in [0.4, 0.5) is 8.78 Å². The zero-order valence-electron chi connectivity index (χ0n) is 17.3. The molecule has 1 fully saturated rings. The van der Waals surface area contributed by atoms with E-state index in [0.29, 0.717) is 37.5 Å². The molecule has 2 aliphatic heterocycles. The number of likely N-dealkylation sites (tertiary alicyclic amines) is 1. The van der Waals surface area contributed by atoms with Gasteiger partial charge in [0.15, 0.2) is 0 Å². The number of piperidine rings is 1. The van der Waals surface area contributed by atoms with Crippen molar-refractivity contribution in [2.75, 3.05) is 39.9 Å². The minimum atomic E-state index is -0.548. The topological polar surface area (TPSA) is 50.6 Å². The largest absolute Gasteiger partial charge is 0.383 e. The zero-order chi connectivity index (χ0) is 21.1. The summed E-state index contributed by atoms with van der Waals surface area (Å²) in [4.78, 5) is 17.0. The summed E-state index contributed by atoms with van der Waals surface area (Å²) in [5.74, 6) is -0.885. The van der Waals surface area contributed by atoms with E-state index in [1.807, 2.05) is 15.6 Å². The lowest BCUT2D eigenvalue weighted by Gasteiger charge is -2.32. The highest BCUT2D eigenvalue weighted by atomic mass is 19.1. The van der Waals surface area contributed by atoms with E-state index in [2.05, 4.69) is 4.90 Å². The molecule has 1 atom stereocenters. The number of hydrogen-bond acceptors (Lipinski definition) is 4. The molecule has 1 aromatic heterocycles. The molecule has 4 rings (SSSR count). The number of fused-ring (bicyclic) bond motifs is 1. The van der Waals surface area contributed by atoms with Crippen molar-refractivity contribution < 1.29 is 18.3 Å². The van der Waals surface area contributed by atoms with Crippen LogP contribution < -0.4 is 0 Å². The lowest BCUT2D eigenvalue weighted by Crippen LogP contribution is -2.34. The Balaban J connectivity index is 1.47. The van der Waals surface area contributed by atoms with Gasteiger partial charge in [-0.25, -0.2) is 8.78 Å². The first kappa shape index (κ1) is 20.9. The minimum absolute atomic E-state index is 0.00574. The minimum Gasteiger partial charge on any atom is -0.383 e. The zero-order valence-corrected chi connectivity index (χ0v) is 17.3. The van der Waals surface area contributed by atoms with Crippen molar-refractivity contribution in [3.63, 3.8) is 0 Å². The van der Waals surface area contributed by atoms with Gasteiger partial charge in [-0.3, -0.25) is 14.4 Å². The number of aromatic nitrogens is 2. The van der Waals surface area contributed by atoms with Gasteiger partial charge in [-0.1, -0.05) is 0 Å². The molecule has 6 nitrogen and oxygen atoms in total. The van der Waals surface area contributed by atoms with Crippen LogP contribution in [0.5, 0.6) is 0 Å². The summed E-state index contributed by atoms with van der Waals surface area (Å²) in [5, 5.41) is 4.76. The summed E-state index contributed by atoms with van der Waals surface area (Å²) >= 11 is 0. The fraction of sp³-hybridized carbons (Fsp3) is 0.545. The molecule has 0 spiro atoms. The molecular formula is C22H28F2N4O2. The molecule has 2 aromatic rings. The van der Waals surface area contributed by atoms with Crippen molar-refractivity contribution in [2.24, 2.45) is 0 Å². The number of aryl methyl sites for hydroxylation is 1. The summed E-state index contributed by atoms with van der Waals surface area (Å²) in [6.07, 6.45) is 2.84. The molecule has 0 aliphatic carbocycles. The van der Waals surface area contributed by atoms with Gasteiger partial charge in [0.2, 0.25) is 0 Å². The fourth-order valence-electron chi connectivity index (χ4n) is 4.47. The third-order valence-electron chi connectivity index (χ3n) is 5.92. The molecule has 30 heavy (non-hydrogen) atoms. The summed E-state index contributed by atoms with van der Waals surface area (Å²) in [5.41, 5.74) is 2.21. The smallest absolute Gasteiger partial charge is 0.272 e. The van der Waals surface area contributed by atoms with Gasteiger partial charge in [0, 0.05) is 51.8 Å². The molecule has 8 heteroatoms. The van der Waals surface area contributed by atoms with Crippen LogP contribution in [0.2, 0.25) is 0 Å². The number of hydrogen-bond donors (Lipinski definition) is 0. The molecule has 0 radical (unpaired) electrons. The fourth-order valence-corrected chi connectivity index (χ4v) is 4.47. The quantitative estimate of drug-likeness (QED) is 0.724. The normalized spacial score (nSPS) is 20.3. The van der Waals surface area contributed by atoms with Gasteiger partial charge >= 0.3 is 0 Å². The number of nitrogens with zero attached hydrogens (tertiary/aromatic N) is 4. The number of benzene rings is 1. The second-order valence-corrected chi connectivity index (χ2v) is 8.17. The first-order valence-electron chi connectivity index (χ1n) is 10.6. The van der Waals surface area contributed by atoms with Gasteiger partial charge in [-0.2, -0.15) is 5.10 Å². The summed E-state index contributed by atoms with van der Waals surface area (Å²) < 4.78 is 34.0. The van der Waals surface area contributed by atoms with Gasteiger partial charge in [-0.05, 0) is 49.6 Å².